The summed E-state index contributed by atoms with van der Waals surface area (Å²) < 4.78 is 7.68. The molecule has 1 aliphatic rings. The minimum absolute atomic E-state index is 0.589. The Morgan fingerprint density at radius 3 is 2.96 bits per heavy atom. The molecular weight excluding hydrogens is 326 g/mol. The van der Waals surface area contributed by atoms with Gasteiger partial charge in [0.15, 0.2) is 5.96 Å². The summed E-state index contributed by atoms with van der Waals surface area (Å²) in [6.07, 6.45) is 6.04. The average Bonchev–Trinajstić information content (AvgIpc) is 3.33. The van der Waals surface area contributed by atoms with E-state index in [-0.39, 0.29) is 0 Å². The van der Waals surface area contributed by atoms with Gasteiger partial charge in [-0.1, -0.05) is 30.3 Å². The first kappa shape index (κ1) is 18.5. The fraction of sp³-hybridized carbons (Fsp3) is 0.500. The van der Waals surface area contributed by atoms with Gasteiger partial charge >= 0.3 is 0 Å². The number of aliphatic imine (C=N–C) groups is 1. The van der Waals surface area contributed by atoms with Crippen molar-refractivity contribution in [1.29, 1.82) is 0 Å². The zero-order valence-electron chi connectivity index (χ0n) is 15.8. The van der Waals surface area contributed by atoms with Crippen LogP contribution in [-0.4, -0.2) is 54.3 Å². The normalized spacial score (nSPS) is 17.5. The molecule has 6 heteroatoms. The van der Waals surface area contributed by atoms with Crippen LogP contribution in [0.15, 0.2) is 47.7 Å². The molecule has 0 bridgehead atoms. The van der Waals surface area contributed by atoms with Crippen LogP contribution in [0.2, 0.25) is 0 Å². The van der Waals surface area contributed by atoms with Crippen molar-refractivity contribution in [1.82, 2.24) is 19.8 Å². The van der Waals surface area contributed by atoms with Gasteiger partial charge in [0.25, 0.3) is 0 Å². The second-order valence-corrected chi connectivity index (χ2v) is 6.78. The number of nitrogens with one attached hydrogen (secondary N) is 1. The number of hydrogen-bond donors (Lipinski definition) is 1. The standard InChI is InChI=1S/C20H29N5O/c1-21-20(24(2)15-18-9-13-26-16-18)23-14-19-22-10-12-25(19)11-8-17-6-4-3-5-7-17/h3-7,10,12,18H,8-9,11,13-16H2,1-2H3,(H,21,23). The van der Waals surface area contributed by atoms with Gasteiger partial charge in [0.05, 0.1) is 13.2 Å². The van der Waals surface area contributed by atoms with E-state index in [9.17, 15) is 0 Å². The Hall–Kier alpha value is -2.34. The Morgan fingerprint density at radius 1 is 1.38 bits per heavy atom. The van der Waals surface area contributed by atoms with E-state index in [1.807, 2.05) is 19.4 Å². The Balaban J connectivity index is 1.51. The van der Waals surface area contributed by atoms with Gasteiger partial charge in [0.1, 0.15) is 5.82 Å². The van der Waals surface area contributed by atoms with E-state index in [1.54, 1.807) is 0 Å². The van der Waals surface area contributed by atoms with Gasteiger partial charge in [-0.05, 0) is 18.4 Å². The van der Waals surface area contributed by atoms with E-state index in [1.165, 1.54) is 5.56 Å². The SMILES string of the molecule is CN=C(NCc1nccn1CCc1ccccc1)N(C)CC1CCOC1. The highest BCUT2D eigenvalue weighted by atomic mass is 16.5. The molecule has 1 fully saturated rings. The first-order valence-corrected chi connectivity index (χ1v) is 9.29. The van der Waals surface area contributed by atoms with Gasteiger partial charge in [-0.15, -0.1) is 0 Å². The molecule has 0 spiro atoms. The molecule has 140 valence electrons. The molecule has 2 heterocycles. The Labute approximate surface area is 155 Å². The summed E-state index contributed by atoms with van der Waals surface area (Å²) in [6, 6.07) is 10.6. The number of hydrogen-bond acceptors (Lipinski definition) is 3. The maximum absolute atomic E-state index is 5.47. The molecule has 1 aromatic carbocycles. The summed E-state index contributed by atoms with van der Waals surface area (Å²) in [5.41, 5.74) is 1.34. The van der Waals surface area contributed by atoms with Crippen molar-refractivity contribution in [2.24, 2.45) is 10.9 Å². The zero-order chi connectivity index (χ0) is 18.2. The number of aryl methyl sites for hydroxylation is 2. The molecule has 0 saturated carbocycles. The topological polar surface area (TPSA) is 54.7 Å². The van der Waals surface area contributed by atoms with Crippen LogP contribution >= 0.6 is 0 Å². The highest BCUT2D eigenvalue weighted by molar-refractivity contribution is 5.79. The molecule has 26 heavy (non-hydrogen) atoms. The molecule has 3 rings (SSSR count). The molecule has 1 aromatic heterocycles. The number of guanidine groups is 1. The van der Waals surface area contributed by atoms with Crippen LogP contribution in [0.4, 0.5) is 0 Å². The van der Waals surface area contributed by atoms with Crippen molar-refractivity contribution in [3.63, 3.8) is 0 Å². The maximum atomic E-state index is 5.47. The summed E-state index contributed by atoms with van der Waals surface area (Å²) in [5.74, 6) is 2.51. The molecule has 1 atom stereocenters. The van der Waals surface area contributed by atoms with Crippen molar-refractivity contribution >= 4 is 5.96 Å². The molecular formula is C20H29N5O. The lowest BCUT2D eigenvalue weighted by Crippen LogP contribution is -2.41. The smallest absolute Gasteiger partial charge is 0.193 e. The fourth-order valence-corrected chi connectivity index (χ4v) is 3.35. The lowest BCUT2D eigenvalue weighted by Gasteiger charge is -2.24. The van der Waals surface area contributed by atoms with Crippen LogP contribution in [0.3, 0.4) is 0 Å². The third kappa shape index (κ3) is 5.08. The van der Waals surface area contributed by atoms with Gasteiger partial charge in [-0.25, -0.2) is 4.98 Å². The highest BCUT2D eigenvalue weighted by Crippen LogP contribution is 2.13. The van der Waals surface area contributed by atoms with Gasteiger partial charge in [0, 0.05) is 52.1 Å². The third-order valence-electron chi connectivity index (χ3n) is 4.82. The molecule has 6 nitrogen and oxygen atoms in total. The number of ether oxygens (including phenoxy) is 1. The predicted molar refractivity (Wildman–Crippen MR) is 104 cm³/mol. The molecule has 0 aliphatic carbocycles. The highest BCUT2D eigenvalue weighted by Gasteiger charge is 2.19. The first-order valence-electron chi connectivity index (χ1n) is 9.29. The second-order valence-electron chi connectivity index (χ2n) is 6.78. The lowest BCUT2D eigenvalue weighted by molar-refractivity contribution is 0.181. The van der Waals surface area contributed by atoms with Crippen LogP contribution in [0.5, 0.6) is 0 Å². The fourth-order valence-electron chi connectivity index (χ4n) is 3.35. The molecule has 1 saturated heterocycles. The number of nitrogens with zero attached hydrogens (tertiary/aromatic N) is 4. The number of aromatic nitrogens is 2. The molecule has 2 aromatic rings. The number of imidazole rings is 1. The molecule has 1 aliphatic heterocycles. The summed E-state index contributed by atoms with van der Waals surface area (Å²) >= 11 is 0. The van der Waals surface area contributed by atoms with Gasteiger partial charge in [-0.2, -0.15) is 0 Å². The van der Waals surface area contributed by atoms with Crippen LogP contribution in [0.1, 0.15) is 17.8 Å². The van der Waals surface area contributed by atoms with Crippen LogP contribution in [0, 0.1) is 5.92 Å². The van der Waals surface area contributed by atoms with Gasteiger partial charge in [0.2, 0.25) is 0 Å². The van der Waals surface area contributed by atoms with E-state index in [0.29, 0.717) is 12.5 Å². The minimum atomic E-state index is 0.589. The lowest BCUT2D eigenvalue weighted by atomic mass is 10.1. The van der Waals surface area contributed by atoms with Crippen molar-refractivity contribution in [2.45, 2.75) is 25.9 Å². The van der Waals surface area contributed by atoms with Crippen molar-refractivity contribution in [2.75, 3.05) is 33.9 Å². The van der Waals surface area contributed by atoms with Gasteiger partial charge in [-0.3, -0.25) is 4.99 Å². The Bertz CT molecular complexity index is 691. The van der Waals surface area contributed by atoms with E-state index >= 15 is 0 Å². The zero-order valence-corrected chi connectivity index (χ0v) is 15.8. The third-order valence-corrected chi connectivity index (χ3v) is 4.82. The van der Waals surface area contributed by atoms with E-state index in [4.69, 9.17) is 4.74 Å². The van der Waals surface area contributed by atoms with E-state index in [0.717, 1.165) is 50.9 Å². The predicted octanol–water partition coefficient (Wildman–Crippen LogP) is 2.17. The molecule has 1 N–H and O–H groups in total. The summed E-state index contributed by atoms with van der Waals surface area (Å²) in [4.78, 5) is 11.1. The molecule has 0 radical (unpaired) electrons. The average molecular weight is 355 g/mol. The quantitative estimate of drug-likeness (QED) is 0.611. The van der Waals surface area contributed by atoms with Crippen molar-refractivity contribution in [3.05, 3.63) is 54.1 Å². The number of benzene rings is 1. The molecule has 1 unspecified atom stereocenters. The summed E-state index contributed by atoms with van der Waals surface area (Å²) in [5, 5.41) is 3.44. The van der Waals surface area contributed by atoms with Crippen molar-refractivity contribution in [3.8, 4) is 0 Å². The minimum Gasteiger partial charge on any atom is -0.381 e. The summed E-state index contributed by atoms with van der Waals surface area (Å²) in [6.45, 7) is 4.28. The largest absolute Gasteiger partial charge is 0.381 e. The maximum Gasteiger partial charge on any atom is 0.193 e. The van der Waals surface area contributed by atoms with Crippen LogP contribution in [-0.2, 0) is 24.2 Å². The monoisotopic (exact) mass is 355 g/mol. The first-order chi connectivity index (χ1) is 12.8. The Kier molecular flexibility index (Phi) is 6.66. The van der Waals surface area contributed by atoms with E-state index < -0.39 is 0 Å². The number of rotatable bonds is 7. The van der Waals surface area contributed by atoms with Crippen LogP contribution < -0.4 is 5.32 Å². The molecule has 0 amide bonds. The van der Waals surface area contributed by atoms with E-state index in [2.05, 4.69) is 62.1 Å². The Morgan fingerprint density at radius 2 is 2.23 bits per heavy atom. The summed E-state index contributed by atoms with van der Waals surface area (Å²) in [7, 11) is 3.90. The second kappa shape index (κ2) is 9.38. The van der Waals surface area contributed by atoms with Crippen LogP contribution in [0.25, 0.3) is 0 Å². The van der Waals surface area contributed by atoms with Crippen molar-refractivity contribution < 1.29 is 4.74 Å². The van der Waals surface area contributed by atoms with Gasteiger partial charge < -0.3 is 19.5 Å².